The number of nitriles is 1. The molecule has 0 aliphatic carbocycles. The van der Waals surface area contributed by atoms with E-state index in [-0.39, 0.29) is 17.9 Å². The minimum Gasteiger partial charge on any atom is -0.434 e. The van der Waals surface area contributed by atoms with E-state index in [9.17, 15) is 13.6 Å². The van der Waals surface area contributed by atoms with Gasteiger partial charge in [-0.1, -0.05) is 0 Å². The maximum absolute atomic E-state index is 12.9. The summed E-state index contributed by atoms with van der Waals surface area (Å²) in [6.07, 6.45) is 1.71. The number of alkyl halides is 2. The Morgan fingerprint density at radius 1 is 1.26 bits per heavy atom. The second-order valence-corrected chi connectivity index (χ2v) is 6.19. The van der Waals surface area contributed by atoms with Gasteiger partial charge in [-0.3, -0.25) is 9.89 Å². The van der Waals surface area contributed by atoms with Crippen LogP contribution in [0.15, 0.2) is 41.3 Å². The van der Waals surface area contributed by atoms with Gasteiger partial charge >= 0.3 is 6.61 Å². The molecule has 2 heterocycles. The van der Waals surface area contributed by atoms with Crippen molar-refractivity contribution in [3.8, 4) is 11.8 Å². The summed E-state index contributed by atoms with van der Waals surface area (Å²) in [6, 6.07) is 10.0. The number of nitrogens with zero attached hydrogens (tertiary/aromatic N) is 2. The third-order valence-corrected chi connectivity index (χ3v) is 4.52. The Labute approximate surface area is 151 Å². The molecule has 8 heteroatoms. The van der Waals surface area contributed by atoms with Crippen LogP contribution in [-0.2, 0) is 6.54 Å². The Kier molecular flexibility index (Phi) is 3.92. The SMILES string of the molecule is Cc1cc(OC(F)F)c(Cn2[nH]c3ccc(C#N)cc3c2=O)c2cc[nH]c12. The zero-order valence-electron chi connectivity index (χ0n) is 14.2. The zero-order chi connectivity index (χ0) is 19.1. The first kappa shape index (κ1) is 16.8. The van der Waals surface area contributed by atoms with Crippen LogP contribution in [0.1, 0.15) is 16.7 Å². The minimum atomic E-state index is -2.97. The third kappa shape index (κ3) is 2.83. The van der Waals surface area contributed by atoms with Gasteiger partial charge in [-0.25, -0.2) is 4.68 Å². The van der Waals surface area contributed by atoms with Gasteiger partial charge in [-0.2, -0.15) is 14.0 Å². The van der Waals surface area contributed by atoms with Gasteiger partial charge in [0.05, 0.1) is 29.1 Å². The van der Waals surface area contributed by atoms with Gasteiger partial charge in [-0.15, -0.1) is 0 Å². The molecule has 0 unspecified atom stereocenters. The lowest BCUT2D eigenvalue weighted by molar-refractivity contribution is -0.0504. The van der Waals surface area contributed by atoms with Gasteiger partial charge in [0.2, 0.25) is 0 Å². The number of aromatic nitrogens is 3. The molecule has 2 aromatic heterocycles. The maximum atomic E-state index is 12.9. The van der Waals surface area contributed by atoms with Crippen LogP contribution in [-0.4, -0.2) is 21.4 Å². The molecule has 0 saturated carbocycles. The zero-order valence-corrected chi connectivity index (χ0v) is 14.2. The van der Waals surface area contributed by atoms with Gasteiger partial charge in [0.15, 0.2) is 0 Å². The third-order valence-electron chi connectivity index (χ3n) is 4.52. The van der Waals surface area contributed by atoms with E-state index in [0.717, 1.165) is 11.1 Å². The van der Waals surface area contributed by atoms with Crippen LogP contribution < -0.4 is 10.3 Å². The number of halogens is 2. The molecule has 4 rings (SSSR count). The molecule has 0 spiro atoms. The summed E-state index contributed by atoms with van der Waals surface area (Å²) in [5.74, 6) is 0.0258. The van der Waals surface area contributed by atoms with Crippen molar-refractivity contribution >= 4 is 21.8 Å². The molecule has 0 atom stereocenters. The number of nitrogens with one attached hydrogen (secondary N) is 2. The van der Waals surface area contributed by atoms with Crippen LogP contribution in [0, 0.1) is 18.3 Å². The number of hydrogen-bond acceptors (Lipinski definition) is 3. The maximum Gasteiger partial charge on any atom is 0.387 e. The van der Waals surface area contributed by atoms with Gasteiger partial charge in [-0.05, 0) is 42.8 Å². The summed E-state index contributed by atoms with van der Waals surface area (Å²) in [5.41, 5.74) is 2.61. The molecule has 0 aliphatic rings. The molecule has 0 fully saturated rings. The van der Waals surface area contributed by atoms with E-state index in [4.69, 9.17) is 10.00 Å². The fourth-order valence-corrected chi connectivity index (χ4v) is 3.30. The number of fused-ring (bicyclic) bond motifs is 2. The first-order valence-corrected chi connectivity index (χ1v) is 8.15. The molecule has 27 heavy (non-hydrogen) atoms. The summed E-state index contributed by atoms with van der Waals surface area (Å²) in [4.78, 5) is 15.8. The molecule has 0 amide bonds. The summed E-state index contributed by atoms with van der Waals surface area (Å²) in [7, 11) is 0. The first-order valence-electron chi connectivity index (χ1n) is 8.15. The smallest absolute Gasteiger partial charge is 0.387 e. The monoisotopic (exact) mass is 368 g/mol. The summed E-state index contributed by atoms with van der Waals surface area (Å²) in [5, 5.41) is 13.0. The molecule has 0 saturated heterocycles. The van der Waals surface area contributed by atoms with Crippen LogP contribution in [0.4, 0.5) is 8.78 Å². The predicted molar refractivity (Wildman–Crippen MR) is 96.0 cm³/mol. The average molecular weight is 368 g/mol. The van der Waals surface area contributed by atoms with Gasteiger partial charge < -0.3 is 9.72 Å². The molecule has 4 aromatic rings. The highest BCUT2D eigenvalue weighted by atomic mass is 19.3. The fraction of sp³-hybridized carbons (Fsp3) is 0.158. The van der Waals surface area contributed by atoms with Gasteiger partial charge in [0.25, 0.3) is 5.56 Å². The van der Waals surface area contributed by atoms with E-state index in [2.05, 4.69) is 10.1 Å². The highest BCUT2D eigenvalue weighted by Crippen LogP contribution is 2.32. The predicted octanol–water partition coefficient (Wildman–Crippen LogP) is 3.64. The fourth-order valence-electron chi connectivity index (χ4n) is 3.30. The first-order chi connectivity index (χ1) is 13.0. The quantitative estimate of drug-likeness (QED) is 0.577. The van der Waals surface area contributed by atoms with Gasteiger partial charge in [0.1, 0.15) is 5.75 Å². The Balaban J connectivity index is 1.88. The van der Waals surface area contributed by atoms with Crippen molar-refractivity contribution in [2.24, 2.45) is 0 Å². The van der Waals surface area contributed by atoms with E-state index in [0.29, 0.717) is 27.4 Å². The minimum absolute atomic E-state index is 0.0199. The molecule has 136 valence electrons. The van der Waals surface area contributed by atoms with Crippen LogP contribution >= 0.6 is 0 Å². The van der Waals surface area contributed by atoms with Crippen molar-refractivity contribution in [1.82, 2.24) is 14.8 Å². The molecule has 0 bridgehead atoms. The van der Waals surface area contributed by atoms with Crippen LogP contribution in [0.2, 0.25) is 0 Å². The highest BCUT2D eigenvalue weighted by Gasteiger charge is 2.18. The van der Waals surface area contributed by atoms with E-state index < -0.39 is 6.61 Å². The topological polar surface area (TPSA) is 86.6 Å². The van der Waals surface area contributed by atoms with Crippen LogP contribution in [0.3, 0.4) is 0 Å². The van der Waals surface area contributed by atoms with Crippen molar-refractivity contribution in [1.29, 1.82) is 5.26 Å². The largest absolute Gasteiger partial charge is 0.434 e. The van der Waals surface area contributed by atoms with E-state index in [1.807, 2.05) is 6.07 Å². The van der Waals surface area contributed by atoms with Crippen LogP contribution in [0.5, 0.6) is 5.75 Å². The average Bonchev–Trinajstić information content (AvgIpc) is 3.23. The number of H-pyrrole nitrogens is 2. The number of rotatable bonds is 4. The summed E-state index contributed by atoms with van der Waals surface area (Å²) in [6.45, 7) is -1.16. The molecule has 0 aliphatic heterocycles. The van der Waals surface area contributed by atoms with E-state index >= 15 is 0 Å². The molecule has 6 nitrogen and oxygen atoms in total. The van der Waals surface area contributed by atoms with Crippen molar-refractivity contribution in [2.75, 3.05) is 0 Å². The standard InChI is InChI=1S/C19H14F2N4O2/c1-10-6-16(27-19(20)21)14(12-4-5-23-17(10)12)9-25-18(26)13-7-11(8-22)2-3-15(13)24-25/h2-7,19,23-24H,9H2,1H3. The Hall–Kier alpha value is -3.60. The summed E-state index contributed by atoms with van der Waals surface area (Å²) >= 11 is 0. The Morgan fingerprint density at radius 2 is 2.07 bits per heavy atom. The van der Waals surface area contributed by atoms with Crippen molar-refractivity contribution < 1.29 is 13.5 Å². The number of ether oxygens (including phenoxy) is 1. The Bertz CT molecular complexity index is 1260. The Morgan fingerprint density at radius 3 is 2.81 bits per heavy atom. The molecular weight excluding hydrogens is 354 g/mol. The number of aryl methyl sites for hydroxylation is 1. The molecule has 2 aromatic carbocycles. The second-order valence-electron chi connectivity index (χ2n) is 6.19. The normalized spacial score (nSPS) is 11.4. The summed E-state index contributed by atoms with van der Waals surface area (Å²) < 4.78 is 31.8. The lowest BCUT2D eigenvalue weighted by Gasteiger charge is -2.14. The van der Waals surface area contributed by atoms with E-state index in [1.54, 1.807) is 31.3 Å². The van der Waals surface area contributed by atoms with Crippen molar-refractivity contribution in [2.45, 2.75) is 20.1 Å². The van der Waals surface area contributed by atoms with E-state index in [1.165, 1.54) is 16.8 Å². The van der Waals surface area contributed by atoms with Gasteiger partial charge in [0, 0.05) is 22.7 Å². The lowest BCUT2D eigenvalue weighted by Crippen LogP contribution is -2.18. The van der Waals surface area contributed by atoms with Crippen molar-refractivity contribution in [3.63, 3.8) is 0 Å². The lowest BCUT2D eigenvalue weighted by atomic mass is 10.0. The van der Waals surface area contributed by atoms with Crippen LogP contribution in [0.25, 0.3) is 21.8 Å². The molecular formula is C19H14F2N4O2. The highest BCUT2D eigenvalue weighted by molar-refractivity contribution is 5.88. The second kappa shape index (κ2) is 6.29. The number of benzene rings is 2. The van der Waals surface area contributed by atoms with Crippen molar-refractivity contribution in [3.05, 3.63) is 63.6 Å². The number of aromatic amines is 2. The molecule has 2 N–H and O–H groups in total. The molecule has 0 radical (unpaired) electrons. The number of hydrogen-bond donors (Lipinski definition) is 2.